The molecule has 0 aromatic carbocycles. The highest BCUT2D eigenvalue weighted by Crippen LogP contribution is 2.57. The van der Waals surface area contributed by atoms with E-state index >= 15 is 0 Å². The Morgan fingerprint density at radius 2 is 2.00 bits per heavy atom. The van der Waals surface area contributed by atoms with Crippen molar-refractivity contribution in [2.45, 2.75) is 18.4 Å². The van der Waals surface area contributed by atoms with Crippen LogP contribution in [0.5, 0.6) is 0 Å². The number of fused-ring (bicyclic) bond motifs is 1. The van der Waals surface area contributed by atoms with Crippen molar-refractivity contribution in [1.82, 2.24) is 19.5 Å². The van der Waals surface area contributed by atoms with Crippen LogP contribution in [-0.4, -0.2) is 73.8 Å². The number of hydrogen-bond donors (Lipinski definition) is 5. The summed E-state index contributed by atoms with van der Waals surface area (Å²) in [6.07, 6.45) is -1.27. The second kappa shape index (κ2) is 9.03. The molecular weight excluding hydrogens is 464 g/mol. The molecule has 18 heteroatoms. The number of rotatable bonds is 9. The number of nitrogens with two attached hydrogens (primary N) is 1. The lowest BCUT2D eigenvalue weighted by Crippen LogP contribution is -2.33. The molecule has 2 aromatic rings. The summed E-state index contributed by atoms with van der Waals surface area (Å²) >= 11 is 0. The van der Waals surface area contributed by atoms with Gasteiger partial charge in [0.2, 0.25) is 5.95 Å². The molecule has 1 aliphatic rings. The molecule has 1 unspecified atom stereocenters. The van der Waals surface area contributed by atoms with Crippen LogP contribution in [0.4, 0.5) is 5.95 Å². The Morgan fingerprint density at radius 3 is 2.61 bits per heavy atom. The standard InChI is InChI=1S/C13H21N5O11P2/c1-25-3-6-7(4-27-31(23,24)29-30(20,21)22)28-12(9(6)26-2)18-5-15-8-10(18)16-13(14)17-11(8)19/h5-7,9,12H,3-4H2,1-2H3,(H,23,24)(H2,20,21,22)(H3,14,16,17,19)/t6-,7-,9-,12-/m1/s1. The van der Waals surface area contributed by atoms with Gasteiger partial charge in [0.15, 0.2) is 17.4 Å². The zero-order valence-corrected chi connectivity index (χ0v) is 18.0. The highest BCUT2D eigenvalue weighted by Gasteiger charge is 2.47. The second-order valence-corrected chi connectivity index (χ2v) is 9.33. The Bertz CT molecular complexity index is 1080. The van der Waals surface area contributed by atoms with Gasteiger partial charge in [0, 0.05) is 20.1 Å². The normalized spacial score (nSPS) is 26.4. The summed E-state index contributed by atoms with van der Waals surface area (Å²) in [6, 6.07) is 0. The number of phosphoric ester groups is 1. The van der Waals surface area contributed by atoms with Crippen LogP contribution < -0.4 is 11.3 Å². The van der Waals surface area contributed by atoms with Gasteiger partial charge in [-0.1, -0.05) is 0 Å². The number of imidazole rings is 1. The number of phosphoric acid groups is 2. The number of ether oxygens (including phenoxy) is 3. The average molecular weight is 485 g/mol. The van der Waals surface area contributed by atoms with Gasteiger partial charge in [-0.05, 0) is 0 Å². The van der Waals surface area contributed by atoms with Crippen LogP contribution in [0, 0.1) is 5.92 Å². The van der Waals surface area contributed by atoms with Crippen LogP contribution in [0.25, 0.3) is 11.2 Å². The van der Waals surface area contributed by atoms with Gasteiger partial charge in [-0.25, -0.2) is 14.1 Å². The van der Waals surface area contributed by atoms with Crippen molar-refractivity contribution in [3.8, 4) is 0 Å². The van der Waals surface area contributed by atoms with E-state index in [2.05, 4.69) is 19.3 Å². The summed E-state index contributed by atoms with van der Waals surface area (Å²) in [7, 11) is -7.55. The van der Waals surface area contributed by atoms with Crippen molar-refractivity contribution in [3.63, 3.8) is 0 Å². The molecule has 1 saturated heterocycles. The van der Waals surface area contributed by atoms with Crippen molar-refractivity contribution in [1.29, 1.82) is 0 Å². The third-order valence-corrected chi connectivity index (χ3v) is 6.61. The van der Waals surface area contributed by atoms with Gasteiger partial charge in [-0.2, -0.15) is 9.29 Å². The van der Waals surface area contributed by atoms with Crippen LogP contribution in [0.15, 0.2) is 11.1 Å². The molecule has 16 nitrogen and oxygen atoms in total. The van der Waals surface area contributed by atoms with Crippen molar-refractivity contribution < 1.29 is 46.9 Å². The molecule has 1 fully saturated rings. The number of hydrogen-bond acceptors (Lipinski definition) is 11. The highest BCUT2D eigenvalue weighted by atomic mass is 31.3. The van der Waals surface area contributed by atoms with E-state index in [0.29, 0.717) is 0 Å². The van der Waals surface area contributed by atoms with Crippen LogP contribution >= 0.6 is 15.6 Å². The molecule has 5 atom stereocenters. The molecule has 31 heavy (non-hydrogen) atoms. The molecule has 0 aliphatic carbocycles. The summed E-state index contributed by atoms with van der Waals surface area (Å²) in [4.78, 5) is 49.4. The van der Waals surface area contributed by atoms with Gasteiger partial charge in [-0.15, -0.1) is 0 Å². The number of nitrogens with one attached hydrogen (secondary N) is 1. The maximum atomic E-state index is 12.0. The molecule has 0 radical (unpaired) electrons. The first-order valence-corrected chi connectivity index (χ1v) is 11.6. The van der Waals surface area contributed by atoms with Crippen LogP contribution in [0.3, 0.4) is 0 Å². The average Bonchev–Trinajstić information content (AvgIpc) is 3.19. The smallest absolute Gasteiger partial charge is 0.384 e. The molecule has 3 rings (SSSR count). The van der Waals surface area contributed by atoms with Gasteiger partial charge in [0.05, 0.1) is 25.6 Å². The van der Waals surface area contributed by atoms with Gasteiger partial charge >= 0.3 is 15.6 Å². The van der Waals surface area contributed by atoms with Crippen molar-refractivity contribution >= 4 is 32.8 Å². The summed E-state index contributed by atoms with van der Waals surface area (Å²) in [5.41, 5.74) is 5.17. The quantitative estimate of drug-likeness (QED) is 0.271. The molecule has 174 valence electrons. The molecular formula is C13H21N5O11P2. The van der Waals surface area contributed by atoms with Crippen molar-refractivity contribution in [2.24, 2.45) is 5.92 Å². The first kappa shape index (κ1) is 23.9. The lowest BCUT2D eigenvalue weighted by Gasteiger charge is -2.23. The van der Waals surface area contributed by atoms with E-state index < -0.39 is 52.2 Å². The topological polar surface area (TPSA) is 231 Å². The van der Waals surface area contributed by atoms with E-state index in [1.165, 1.54) is 25.1 Å². The lowest BCUT2D eigenvalue weighted by atomic mass is 9.99. The van der Waals surface area contributed by atoms with Gasteiger partial charge in [0.25, 0.3) is 5.56 Å². The third-order valence-electron chi connectivity index (χ3n) is 4.46. The highest BCUT2D eigenvalue weighted by molar-refractivity contribution is 7.60. The number of aromatic nitrogens is 4. The summed E-state index contributed by atoms with van der Waals surface area (Å²) in [6.45, 7) is -0.526. The maximum absolute atomic E-state index is 12.0. The van der Waals surface area contributed by atoms with E-state index in [9.17, 15) is 18.8 Å². The minimum atomic E-state index is -5.28. The maximum Gasteiger partial charge on any atom is 0.481 e. The first-order valence-electron chi connectivity index (χ1n) is 8.59. The Hall–Kier alpha value is -1.71. The van der Waals surface area contributed by atoms with Crippen LogP contribution in [0.1, 0.15) is 6.23 Å². The SMILES string of the molecule is COC[C@H]1[C@@H](OC)[C@H](n2cnc3c(=O)[nH]c(N)nc32)O[C@@H]1COP(=O)(O)OP(=O)(O)O. The molecule has 0 spiro atoms. The molecule has 0 saturated carbocycles. The number of anilines is 1. The summed E-state index contributed by atoms with van der Waals surface area (Å²) in [5.74, 6) is -0.706. The number of H-pyrrole nitrogens is 1. The van der Waals surface area contributed by atoms with Crippen LogP contribution in [-0.2, 0) is 32.2 Å². The zero-order chi connectivity index (χ0) is 23.0. The Morgan fingerprint density at radius 1 is 1.29 bits per heavy atom. The summed E-state index contributed by atoms with van der Waals surface area (Å²) < 4.78 is 49.1. The van der Waals surface area contributed by atoms with E-state index in [4.69, 9.17) is 34.3 Å². The number of nitrogen functional groups attached to an aromatic ring is 1. The fourth-order valence-electron chi connectivity index (χ4n) is 3.31. The molecule has 2 aromatic heterocycles. The van der Waals surface area contributed by atoms with E-state index in [-0.39, 0.29) is 23.7 Å². The minimum absolute atomic E-state index is 0.00514. The predicted octanol–water partition coefficient (Wildman–Crippen LogP) is -0.897. The largest absolute Gasteiger partial charge is 0.481 e. The van der Waals surface area contributed by atoms with E-state index in [0.717, 1.165) is 0 Å². The third kappa shape index (κ3) is 5.38. The van der Waals surface area contributed by atoms with Gasteiger partial charge < -0.3 is 34.6 Å². The number of aromatic amines is 1. The molecule has 1 aliphatic heterocycles. The molecule has 3 heterocycles. The number of methoxy groups -OCH3 is 2. The lowest BCUT2D eigenvalue weighted by molar-refractivity contribution is -0.0577. The first-order chi connectivity index (χ1) is 14.5. The molecule has 0 bridgehead atoms. The zero-order valence-electron chi connectivity index (χ0n) is 16.2. The van der Waals surface area contributed by atoms with Crippen LogP contribution in [0.2, 0.25) is 0 Å². The fraction of sp³-hybridized carbons (Fsp3) is 0.615. The van der Waals surface area contributed by atoms with E-state index in [1.54, 1.807) is 0 Å². The van der Waals surface area contributed by atoms with Crippen molar-refractivity contribution in [3.05, 3.63) is 16.7 Å². The van der Waals surface area contributed by atoms with E-state index in [1.807, 2.05) is 0 Å². The minimum Gasteiger partial charge on any atom is -0.384 e. The van der Waals surface area contributed by atoms with Crippen molar-refractivity contribution in [2.75, 3.05) is 33.2 Å². The second-order valence-electron chi connectivity index (χ2n) is 6.50. The Balaban J connectivity index is 1.89. The van der Waals surface area contributed by atoms with Gasteiger partial charge in [0.1, 0.15) is 6.10 Å². The molecule has 6 N–H and O–H groups in total. The summed E-state index contributed by atoms with van der Waals surface area (Å²) in [5, 5.41) is 0. The Labute approximate surface area is 174 Å². The molecule has 0 amide bonds. The Kier molecular flexibility index (Phi) is 6.98. The fourth-order valence-corrected chi connectivity index (χ4v) is 4.91. The number of nitrogens with zero attached hydrogens (tertiary/aromatic N) is 3. The van der Waals surface area contributed by atoms with Gasteiger partial charge in [-0.3, -0.25) is 18.9 Å². The predicted molar refractivity (Wildman–Crippen MR) is 102 cm³/mol. The monoisotopic (exact) mass is 485 g/mol.